The third kappa shape index (κ3) is 3.21. The van der Waals surface area contributed by atoms with Gasteiger partial charge in [0, 0.05) is 31.7 Å². The van der Waals surface area contributed by atoms with Gasteiger partial charge in [0.05, 0.1) is 0 Å². The summed E-state index contributed by atoms with van der Waals surface area (Å²) in [7, 11) is 2.93. The number of ether oxygens (including phenoxy) is 2. The van der Waals surface area contributed by atoms with Gasteiger partial charge in [0.25, 0.3) is 0 Å². The Morgan fingerprint density at radius 3 is 2.41 bits per heavy atom. The van der Waals surface area contributed by atoms with Gasteiger partial charge in [-0.3, -0.25) is 0 Å². The third-order valence-electron chi connectivity index (χ3n) is 2.68. The average Bonchev–Trinajstić information content (AvgIpc) is 2.29. The molecule has 0 aliphatic carbocycles. The van der Waals surface area contributed by atoms with E-state index in [1.54, 1.807) is 6.92 Å². The molecular formula is C12H17F2NO2. The third-order valence-corrected chi connectivity index (χ3v) is 2.68. The van der Waals surface area contributed by atoms with Gasteiger partial charge in [0.2, 0.25) is 0 Å². The van der Waals surface area contributed by atoms with Crippen molar-refractivity contribution in [2.45, 2.75) is 25.2 Å². The zero-order valence-corrected chi connectivity index (χ0v) is 10.2. The molecule has 2 N–H and O–H groups in total. The molecule has 0 heterocycles. The van der Waals surface area contributed by atoms with Crippen molar-refractivity contribution in [2.75, 3.05) is 14.2 Å². The van der Waals surface area contributed by atoms with E-state index in [1.165, 1.54) is 26.4 Å². The topological polar surface area (TPSA) is 44.5 Å². The van der Waals surface area contributed by atoms with E-state index in [4.69, 9.17) is 15.2 Å². The number of methoxy groups -OCH3 is 2. The summed E-state index contributed by atoms with van der Waals surface area (Å²) in [6.45, 7) is 1.61. The molecule has 0 aromatic heterocycles. The van der Waals surface area contributed by atoms with E-state index in [0.717, 1.165) is 6.07 Å². The molecule has 0 saturated carbocycles. The van der Waals surface area contributed by atoms with Crippen LogP contribution in [0, 0.1) is 11.6 Å². The standard InChI is InChI=1S/C12H17F2NO2/c1-12(15,7-10(16-2)17-3)8-5-4-6-9(13)11(8)14/h4-6,10H,7,15H2,1-3H3/t12-/m0/s1. The van der Waals surface area contributed by atoms with E-state index < -0.39 is 23.5 Å². The van der Waals surface area contributed by atoms with Crippen molar-refractivity contribution in [2.24, 2.45) is 5.73 Å². The van der Waals surface area contributed by atoms with Gasteiger partial charge in [0.1, 0.15) is 0 Å². The summed E-state index contributed by atoms with van der Waals surface area (Å²) in [5.41, 5.74) is 5.03. The smallest absolute Gasteiger partial charge is 0.163 e. The van der Waals surface area contributed by atoms with Crippen molar-refractivity contribution in [1.29, 1.82) is 0 Å². The van der Waals surface area contributed by atoms with E-state index in [9.17, 15) is 8.78 Å². The van der Waals surface area contributed by atoms with Gasteiger partial charge in [0.15, 0.2) is 17.9 Å². The lowest BCUT2D eigenvalue weighted by molar-refractivity contribution is -0.116. The fourth-order valence-electron chi connectivity index (χ4n) is 1.66. The molecule has 0 fully saturated rings. The summed E-state index contributed by atoms with van der Waals surface area (Å²) in [5.74, 6) is -1.84. The van der Waals surface area contributed by atoms with Crippen LogP contribution in [0.25, 0.3) is 0 Å². The van der Waals surface area contributed by atoms with Crippen molar-refractivity contribution in [1.82, 2.24) is 0 Å². The Hall–Kier alpha value is -1.04. The first-order chi connectivity index (χ1) is 7.92. The molecule has 0 aliphatic heterocycles. The van der Waals surface area contributed by atoms with Gasteiger partial charge in [-0.2, -0.15) is 0 Å². The molecule has 0 aliphatic rings. The van der Waals surface area contributed by atoms with Gasteiger partial charge in [-0.15, -0.1) is 0 Å². The maximum atomic E-state index is 13.6. The van der Waals surface area contributed by atoms with E-state index >= 15 is 0 Å². The molecule has 1 aromatic carbocycles. The van der Waals surface area contributed by atoms with Gasteiger partial charge in [-0.25, -0.2) is 8.78 Å². The largest absolute Gasteiger partial charge is 0.356 e. The monoisotopic (exact) mass is 245 g/mol. The highest BCUT2D eigenvalue weighted by atomic mass is 19.2. The van der Waals surface area contributed by atoms with E-state index in [1.807, 2.05) is 0 Å². The number of hydrogen-bond donors (Lipinski definition) is 1. The van der Waals surface area contributed by atoms with Crippen LogP contribution in [0.5, 0.6) is 0 Å². The highest BCUT2D eigenvalue weighted by Gasteiger charge is 2.29. The fraction of sp³-hybridized carbons (Fsp3) is 0.500. The molecule has 1 aromatic rings. The lowest BCUT2D eigenvalue weighted by Gasteiger charge is -2.29. The Balaban J connectivity index is 3.00. The summed E-state index contributed by atoms with van der Waals surface area (Å²) in [6, 6.07) is 3.94. The van der Waals surface area contributed by atoms with Crippen LogP contribution in [-0.2, 0) is 15.0 Å². The van der Waals surface area contributed by atoms with Crippen LogP contribution in [0.15, 0.2) is 18.2 Å². The van der Waals surface area contributed by atoms with Crippen molar-refractivity contribution in [3.63, 3.8) is 0 Å². The summed E-state index contributed by atoms with van der Waals surface area (Å²) in [4.78, 5) is 0. The Kier molecular flexibility index (Phi) is 4.56. The number of halogens is 2. The Labute approximate surface area is 99.5 Å². The normalized spacial score (nSPS) is 15.0. The van der Waals surface area contributed by atoms with Crippen molar-refractivity contribution in [3.05, 3.63) is 35.4 Å². The zero-order chi connectivity index (χ0) is 13.1. The van der Waals surface area contributed by atoms with Crippen molar-refractivity contribution < 1.29 is 18.3 Å². The quantitative estimate of drug-likeness (QED) is 0.808. The minimum Gasteiger partial charge on any atom is -0.356 e. The molecular weight excluding hydrogens is 228 g/mol. The number of rotatable bonds is 5. The van der Waals surface area contributed by atoms with Crippen LogP contribution in [0.4, 0.5) is 8.78 Å². The van der Waals surface area contributed by atoms with Gasteiger partial charge >= 0.3 is 0 Å². The maximum Gasteiger partial charge on any atom is 0.163 e. The number of nitrogens with two attached hydrogens (primary N) is 1. The molecule has 0 unspecified atom stereocenters. The molecule has 1 rings (SSSR count). The lowest BCUT2D eigenvalue weighted by Crippen LogP contribution is -2.39. The van der Waals surface area contributed by atoms with Crippen LogP contribution in [-0.4, -0.2) is 20.5 Å². The van der Waals surface area contributed by atoms with Crippen LogP contribution >= 0.6 is 0 Å². The highest BCUT2D eigenvalue weighted by Crippen LogP contribution is 2.27. The summed E-state index contributed by atoms with van der Waals surface area (Å²) in [5, 5.41) is 0. The van der Waals surface area contributed by atoms with E-state index in [0.29, 0.717) is 0 Å². The molecule has 96 valence electrons. The van der Waals surface area contributed by atoms with Gasteiger partial charge < -0.3 is 15.2 Å². The minimum atomic E-state index is -1.07. The van der Waals surface area contributed by atoms with Crippen LogP contribution < -0.4 is 5.73 Å². The maximum absolute atomic E-state index is 13.6. The summed E-state index contributed by atoms with van der Waals surface area (Å²) < 4.78 is 36.8. The Bertz CT molecular complexity index is 379. The lowest BCUT2D eigenvalue weighted by atomic mass is 9.89. The molecule has 0 bridgehead atoms. The molecule has 5 heteroatoms. The molecule has 0 amide bonds. The second-order valence-corrected chi connectivity index (χ2v) is 4.12. The molecule has 0 radical (unpaired) electrons. The van der Waals surface area contributed by atoms with E-state index in [2.05, 4.69) is 0 Å². The number of hydrogen-bond acceptors (Lipinski definition) is 3. The molecule has 1 atom stereocenters. The first-order valence-electron chi connectivity index (χ1n) is 5.21. The average molecular weight is 245 g/mol. The van der Waals surface area contributed by atoms with Gasteiger partial charge in [-0.1, -0.05) is 12.1 Å². The number of benzene rings is 1. The predicted molar refractivity (Wildman–Crippen MR) is 60.3 cm³/mol. The Morgan fingerprint density at radius 2 is 1.88 bits per heavy atom. The highest BCUT2D eigenvalue weighted by molar-refractivity contribution is 5.26. The second-order valence-electron chi connectivity index (χ2n) is 4.12. The van der Waals surface area contributed by atoms with Crippen LogP contribution in [0.3, 0.4) is 0 Å². The predicted octanol–water partition coefficient (Wildman–Crippen LogP) is 2.15. The molecule has 0 spiro atoms. The molecule has 17 heavy (non-hydrogen) atoms. The van der Waals surface area contributed by atoms with Crippen molar-refractivity contribution >= 4 is 0 Å². The Morgan fingerprint density at radius 1 is 1.29 bits per heavy atom. The SMILES string of the molecule is COC(C[C@](C)(N)c1cccc(F)c1F)OC. The summed E-state index contributed by atoms with van der Waals surface area (Å²) in [6.07, 6.45) is -0.340. The van der Waals surface area contributed by atoms with Crippen LogP contribution in [0.1, 0.15) is 18.9 Å². The zero-order valence-electron chi connectivity index (χ0n) is 10.2. The molecule has 0 saturated heterocycles. The fourth-order valence-corrected chi connectivity index (χ4v) is 1.66. The van der Waals surface area contributed by atoms with E-state index in [-0.39, 0.29) is 12.0 Å². The first-order valence-corrected chi connectivity index (χ1v) is 5.21. The minimum absolute atomic E-state index is 0.108. The first kappa shape index (κ1) is 14.0. The van der Waals surface area contributed by atoms with Crippen LogP contribution in [0.2, 0.25) is 0 Å². The van der Waals surface area contributed by atoms with Gasteiger partial charge in [-0.05, 0) is 13.0 Å². The second kappa shape index (κ2) is 5.53. The van der Waals surface area contributed by atoms with Crippen molar-refractivity contribution in [3.8, 4) is 0 Å². The summed E-state index contributed by atoms with van der Waals surface area (Å²) >= 11 is 0. The molecule has 3 nitrogen and oxygen atoms in total.